The molecule has 5 heteroatoms. The van der Waals surface area contributed by atoms with E-state index in [0.29, 0.717) is 6.54 Å². The van der Waals surface area contributed by atoms with Gasteiger partial charge in [0.2, 0.25) is 5.91 Å². The number of amides is 1. The molecular weight excluding hydrogens is 317 g/mol. The molecule has 0 N–H and O–H groups in total. The Morgan fingerprint density at radius 1 is 1.40 bits per heavy atom. The van der Waals surface area contributed by atoms with Gasteiger partial charge in [0.1, 0.15) is 5.82 Å². The van der Waals surface area contributed by atoms with Gasteiger partial charge in [-0.2, -0.15) is 5.10 Å². The van der Waals surface area contributed by atoms with Gasteiger partial charge in [0.15, 0.2) is 0 Å². The Morgan fingerprint density at radius 3 is 2.84 bits per heavy atom. The predicted octanol–water partition coefficient (Wildman–Crippen LogP) is 3.49. The van der Waals surface area contributed by atoms with Crippen LogP contribution in [0.15, 0.2) is 30.5 Å². The van der Waals surface area contributed by atoms with E-state index in [4.69, 9.17) is 0 Å². The lowest BCUT2D eigenvalue weighted by atomic mass is 9.86. The molecule has 1 amide bonds. The second-order valence-electron chi connectivity index (χ2n) is 7.90. The first-order valence-corrected chi connectivity index (χ1v) is 8.81. The smallest absolute Gasteiger partial charge is 0.226 e. The SMILES string of the molecule is Cn1ncc2c1CC(C(=O)N(Cc1cccc(F)c1)C(C)(C)C)CC2. The number of carbonyl (C=O) groups excluding carboxylic acids is 1. The number of carbonyl (C=O) groups is 1. The van der Waals surface area contributed by atoms with Crippen molar-refractivity contribution in [3.05, 3.63) is 53.1 Å². The molecule has 1 aliphatic carbocycles. The zero-order valence-electron chi connectivity index (χ0n) is 15.4. The fraction of sp³-hybridized carbons (Fsp3) is 0.500. The Morgan fingerprint density at radius 2 is 2.16 bits per heavy atom. The number of halogens is 1. The molecule has 134 valence electrons. The minimum atomic E-state index is -0.323. The van der Waals surface area contributed by atoms with Crippen molar-refractivity contribution in [2.75, 3.05) is 0 Å². The third-order valence-electron chi connectivity index (χ3n) is 5.00. The molecule has 1 aromatic carbocycles. The summed E-state index contributed by atoms with van der Waals surface area (Å²) in [5.41, 5.74) is 2.90. The van der Waals surface area contributed by atoms with E-state index >= 15 is 0 Å². The molecule has 25 heavy (non-hydrogen) atoms. The highest BCUT2D eigenvalue weighted by molar-refractivity contribution is 5.80. The van der Waals surface area contributed by atoms with Crippen molar-refractivity contribution in [1.29, 1.82) is 0 Å². The molecule has 2 aromatic rings. The Hall–Kier alpha value is -2.17. The maximum atomic E-state index is 13.5. The maximum absolute atomic E-state index is 13.5. The number of fused-ring (bicyclic) bond motifs is 1. The van der Waals surface area contributed by atoms with Crippen LogP contribution in [-0.4, -0.2) is 26.1 Å². The Labute approximate surface area is 148 Å². The number of aromatic nitrogens is 2. The average molecular weight is 343 g/mol. The molecule has 0 fully saturated rings. The molecule has 1 unspecified atom stereocenters. The second kappa shape index (κ2) is 6.62. The molecule has 0 spiro atoms. The quantitative estimate of drug-likeness (QED) is 0.856. The maximum Gasteiger partial charge on any atom is 0.226 e. The molecule has 0 aliphatic heterocycles. The Bertz CT molecular complexity index is 775. The number of rotatable bonds is 3. The van der Waals surface area contributed by atoms with Gasteiger partial charge in [0.05, 0.1) is 6.20 Å². The van der Waals surface area contributed by atoms with Crippen LogP contribution in [0.4, 0.5) is 4.39 Å². The third-order valence-corrected chi connectivity index (χ3v) is 5.00. The van der Waals surface area contributed by atoms with E-state index in [1.807, 2.05) is 49.7 Å². The van der Waals surface area contributed by atoms with Crippen LogP contribution in [0.25, 0.3) is 0 Å². The summed E-state index contributed by atoms with van der Waals surface area (Å²) >= 11 is 0. The van der Waals surface area contributed by atoms with Gasteiger partial charge in [-0.05, 0) is 56.9 Å². The van der Waals surface area contributed by atoms with Gasteiger partial charge in [-0.25, -0.2) is 4.39 Å². The minimum Gasteiger partial charge on any atom is -0.333 e. The van der Waals surface area contributed by atoms with Crippen LogP contribution >= 0.6 is 0 Å². The molecule has 0 bridgehead atoms. The number of hydrogen-bond donors (Lipinski definition) is 0. The van der Waals surface area contributed by atoms with Gasteiger partial charge in [0, 0.05) is 37.2 Å². The first-order valence-electron chi connectivity index (χ1n) is 8.81. The monoisotopic (exact) mass is 343 g/mol. The molecule has 1 heterocycles. The number of benzene rings is 1. The molecule has 1 atom stereocenters. The highest BCUT2D eigenvalue weighted by Gasteiger charge is 2.34. The first-order chi connectivity index (χ1) is 11.8. The van der Waals surface area contributed by atoms with Crippen molar-refractivity contribution >= 4 is 5.91 Å². The molecular formula is C20H26FN3O. The zero-order valence-corrected chi connectivity index (χ0v) is 15.4. The summed E-state index contributed by atoms with van der Waals surface area (Å²) in [5, 5.41) is 4.31. The van der Waals surface area contributed by atoms with Crippen molar-refractivity contribution in [3.63, 3.8) is 0 Å². The fourth-order valence-corrected chi connectivity index (χ4v) is 3.54. The van der Waals surface area contributed by atoms with Crippen molar-refractivity contribution in [3.8, 4) is 0 Å². The van der Waals surface area contributed by atoms with E-state index in [1.54, 1.807) is 6.07 Å². The third kappa shape index (κ3) is 3.75. The van der Waals surface area contributed by atoms with Gasteiger partial charge in [0.25, 0.3) is 0 Å². The molecule has 4 nitrogen and oxygen atoms in total. The van der Waals surface area contributed by atoms with Gasteiger partial charge in [-0.1, -0.05) is 12.1 Å². The molecule has 0 saturated heterocycles. The lowest BCUT2D eigenvalue weighted by molar-refractivity contribution is -0.141. The Balaban J connectivity index is 1.82. The highest BCUT2D eigenvalue weighted by Crippen LogP contribution is 2.29. The fourth-order valence-electron chi connectivity index (χ4n) is 3.54. The lowest BCUT2D eigenvalue weighted by Gasteiger charge is -2.39. The normalized spacial score (nSPS) is 17.2. The number of nitrogens with zero attached hydrogens (tertiary/aromatic N) is 3. The van der Waals surface area contributed by atoms with Crippen molar-refractivity contribution in [2.45, 2.75) is 52.1 Å². The molecule has 1 aromatic heterocycles. The van der Waals surface area contributed by atoms with E-state index < -0.39 is 0 Å². The van der Waals surface area contributed by atoms with Crippen LogP contribution in [0.1, 0.15) is 44.0 Å². The summed E-state index contributed by atoms with van der Waals surface area (Å²) in [6, 6.07) is 6.50. The summed E-state index contributed by atoms with van der Waals surface area (Å²) in [6.07, 6.45) is 4.36. The zero-order chi connectivity index (χ0) is 18.2. The standard InChI is InChI=1S/C20H26FN3O/c1-20(2,3)24(13-14-6-5-7-17(21)10-14)19(25)15-8-9-16-12-22-23(4)18(16)11-15/h5-7,10,12,15H,8-9,11,13H2,1-4H3. The largest absolute Gasteiger partial charge is 0.333 e. The van der Waals surface area contributed by atoms with Crippen LogP contribution in [0, 0.1) is 11.7 Å². The number of aryl methyl sites for hydroxylation is 2. The van der Waals surface area contributed by atoms with E-state index in [2.05, 4.69) is 5.10 Å². The second-order valence-corrected chi connectivity index (χ2v) is 7.90. The van der Waals surface area contributed by atoms with Crippen LogP contribution in [0.2, 0.25) is 0 Å². The predicted molar refractivity (Wildman–Crippen MR) is 95.4 cm³/mol. The number of hydrogen-bond acceptors (Lipinski definition) is 2. The van der Waals surface area contributed by atoms with Crippen molar-refractivity contribution in [1.82, 2.24) is 14.7 Å². The molecule has 0 saturated carbocycles. The van der Waals surface area contributed by atoms with Crippen LogP contribution in [0.3, 0.4) is 0 Å². The Kier molecular flexibility index (Phi) is 4.67. The van der Waals surface area contributed by atoms with E-state index in [9.17, 15) is 9.18 Å². The first kappa shape index (κ1) is 17.6. The molecule has 1 aliphatic rings. The van der Waals surface area contributed by atoms with Crippen molar-refractivity contribution in [2.24, 2.45) is 13.0 Å². The van der Waals surface area contributed by atoms with E-state index in [1.165, 1.54) is 17.7 Å². The van der Waals surface area contributed by atoms with Crippen LogP contribution < -0.4 is 0 Å². The summed E-state index contributed by atoms with van der Waals surface area (Å²) in [6.45, 7) is 6.52. The van der Waals surface area contributed by atoms with Gasteiger partial charge in [-0.3, -0.25) is 9.48 Å². The van der Waals surface area contributed by atoms with Crippen LogP contribution in [0.5, 0.6) is 0 Å². The minimum absolute atomic E-state index is 0.0457. The highest BCUT2D eigenvalue weighted by atomic mass is 19.1. The van der Waals surface area contributed by atoms with E-state index in [0.717, 1.165) is 30.5 Å². The summed E-state index contributed by atoms with van der Waals surface area (Å²) < 4.78 is 15.4. The van der Waals surface area contributed by atoms with Gasteiger partial charge < -0.3 is 4.90 Å². The molecule has 3 rings (SSSR count). The topological polar surface area (TPSA) is 38.1 Å². The average Bonchev–Trinajstić information content (AvgIpc) is 2.92. The van der Waals surface area contributed by atoms with Crippen LogP contribution in [-0.2, 0) is 31.2 Å². The van der Waals surface area contributed by atoms with E-state index in [-0.39, 0.29) is 23.2 Å². The summed E-state index contributed by atoms with van der Waals surface area (Å²) in [7, 11) is 1.93. The summed E-state index contributed by atoms with van der Waals surface area (Å²) in [4.78, 5) is 15.2. The molecule has 0 radical (unpaired) electrons. The van der Waals surface area contributed by atoms with Gasteiger partial charge in [-0.15, -0.1) is 0 Å². The lowest BCUT2D eigenvalue weighted by Crippen LogP contribution is -2.48. The van der Waals surface area contributed by atoms with Gasteiger partial charge >= 0.3 is 0 Å². The summed E-state index contributed by atoms with van der Waals surface area (Å²) in [5.74, 6) is -0.171. The van der Waals surface area contributed by atoms with Crippen molar-refractivity contribution < 1.29 is 9.18 Å².